The summed E-state index contributed by atoms with van der Waals surface area (Å²) in [6, 6.07) is 0.947. The van der Waals surface area contributed by atoms with Gasteiger partial charge in [-0.25, -0.2) is 0 Å². The Balaban J connectivity index is 1.44. The van der Waals surface area contributed by atoms with Gasteiger partial charge in [0.25, 0.3) is 0 Å². The predicted octanol–water partition coefficient (Wildman–Crippen LogP) is 3.83. The van der Waals surface area contributed by atoms with Crippen LogP contribution in [0.3, 0.4) is 0 Å². The van der Waals surface area contributed by atoms with E-state index in [1.165, 1.54) is 38.5 Å². The van der Waals surface area contributed by atoms with Crippen LogP contribution < -0.4 is 5.32 Å². The molecule has 2 aliphatic heterocycles. The van der Waals surface area contributed by atoms with Crippen molar-refractivity contribution in [1.82, 2.24) is 5.32 Å². The van der Waals surface area contributed by atoms with E-state index in [2.05, 4.69) is 12.2 Å². The molecule has 134 valence electrons. The van der Waals surface area contributed by atoms with E-state index in [0.29, 0.717) is 17.9 Å². The van der Waals surface area contributed by atoms with Crippen molar-refractivity contribution in [2.24, 2.45) is 5.92 Å². The maximum absolute atomic E-state index is 11.5. The molecule has 2 heterocycles. The lowest BCUT2D eigenvalue weighted by atomic mass is 9.84. The van der Waals surface area contributed by atoms with Crippen LogP contribution in [0.4, 0.5) is 0 Å². The summed E-state index contributed by atoms with van der Waals surface area (Å²) < 4.78 is 11.3. The standard InChI is InChI=1S/C19H35NO3/c1-15-18(16(2)21)12-11-17(20-15)9-5-3-4-7-13-22-19-10-6-8-14-23-19/h15,17-20H,3-14H2,1-2H3/t15-,17+,18-,19?/m0/s1. The van der Waals surface area contributed by atoms with E-state index in [1.54, 1.807) is 6.92 Å². The summed E-state index contributed by atoms with van der Waals surface area (Å²) in [5, 5.41) is 3.63. The second kappa shape index (κ2) is 10.4. The summed E-state index contributed by atoms with van der Waals surface area (Å²) in [6.07, 6.45) is 11.9. The van der Waals surface area contributed by atoms with Crippen LogP contribution in [0, 0.1) is 5.92 Å². The number of carbonyl (C=O) groups excluding carboxylic acids is 1. The highest BCUT2D eigenvalue weighted by molar-refractivity contribution is 5.79. The monoisotopic (exact) mass is 325 g/mol. The number of hydrogen-bond acceptors (Lipinski definition) is 4. The largest absolute Gasteiger partial charge is 0.353 e. The first-order chi connectivity index (χ1) is 11.2. The van der Waals surface area contributed by atoms with E-state index in [0.717, 1.165) is 38.9 Å². The number of hydrogen-bond donors (Lipinski definition) is 1. The topological polar surface area (TPSA) is 47.6 Å². The summed E-state index contributed by atoms with van der Waals surface area (Å²) >= 11 is 0. The highest BCUT2D eigenvalue weighted by Crippen LogP contribution is 2.23. The molecule has 2 rings (SSSR count). The zero-order valence-electron chi connectivity index (χ0n) is 15.0. The Morgan fingerprint density at radius 2 is 1.96 bits per heavy atom. The Morgan fingerprint density at radius 3 is 2.65 bits per heavy atom. The van der Waals surface area contributed by atoms with Gasteiger partial charge in [0.05, 0.1) is 0 Å². The van der Waals surface area contributed by atoms with Gasteiger partial charge in [0.1, 0.15) is 5.78 Å². The van der Waals surface area contributed by atoms with Crippen LogP contribution >= 0.6 is 0 Å². The molecule has 4 atom stereocenters. The molecule has 0 radical (unpaired) electrons. The quantitative estimate of drug-likeness (QED) is 0.655. The number of Topliss-reactive ketones (excluding diaryl/α,β-unsaturated/α-hetero) is 1. The number of ketones is 1. The van der Waals surface area contributed by atoms with Gasteiger partial charge in [0.2, 0.25) is 0 Å². The Bertz CT molecular complexity index is 342. The third kappa shape index (κ3) is 6.90. The molecule has 2 aliphatic rings. The van der Waals surface area contributed by atoms with E-state index in [9.17, 15) is 4.79 Å². The second-order valence-corrected chi connectivity index (χ2v) is 7.32. The molecule has 1 unspecified atom stereocenters. The zero-order chi connectivity index (χ0) is 16.5. The molecule has 1 N–H and O–H groups in total. The van der Waals surface area contributed by atoms with E-state index >= 15 is 0 Å². The van der Waals surface area contributed by atoms with Crippen molar-refractivity contribution in [3.8, 4) is 0 Å². The number of unbranched alkanes of at least 4 members (excludes halogenated alkanes) is 3. The van der Waals surface area contributed by atoms with E-state index in [1.807, 2.05) is 0 Å². The van der Waals surface area contributed by atoms with Crippen LogP contribution in [0.15, 0.2) is 0 Å². The third-order valence-electron chi connectivity index (χ3n) is 5.34. The van der Waals surface area contributed by atoms with Gasteiger partial charge in [0, 0.05) is 31.2 Å². The predicted molar refractivity (Wildman–Crippen MR) is 92.4 cm³/mol. The van der Waals surface area contributed by atoms with Crippen LogP contribution in [0.1, 0.15) is 78.1 Å². The van der Waals surface area contributed by atoms with Crippen LogP contribution in [-0.2, 0) is 14.3 Å². The van der Waals surface area contributed by atoms with Gasteiger partial charge in [-0.1, -0.05) is 19.3 Å². The summed E-state index contributed by atoms with van der Waals surface area (Å²) in [5.74, 6) is 0.566. The summed E-state index contributed by atoms with van der Waals surface area (Å²) in [4.78, 5) is 11.5. The van der Waals surface area contributed by atoms with E-state index < -0.39 is 0 Å². The van der Waals surface area contributed by atoms with Crippen LogP contribution in [0.5, 0.6) is 0 Å². The van der Waals surface area contributed by atoms with Crippen molar-refractivity contribution < 1.29 is 14.3 Å². The Morgan fingerprint density at radius 1 is 1.13 bits per heavy atom. The molecule has 0 bridgehead atoms. The van der Waals surface area contributed by atoms with Gasteiger partial charge in [-0.3, -0.25) is 4.79 Å². The molecule has 4 nitrogen and oxygen atoms in total. The van der Waals surface area contributed by atoms with Gasteiger partial charge < -0.3 is 14.8 Å². The zero-order valence-corrected chi connectivity index (χ0v) is 15.0. The summed E-state index contributed by atoms with van der Waals surface area (Å²) in [7, 11) is 0. The molecule has 0 spiro atoms. The molecule has 0 aromatic rings. The Hall–Kier alpha value is -0.450. The highest BCUT2D eigenvalue weighted by Gasteiger charge is 2.29. The minimum Gasteiger partial charge on any atom is -0.353 e. The molecule has 23 heavy (non-hydrogen) atoms. The number of ether oxygens (including phenoxy) is 2. The molecule has 0 aromatic heterocycles. The van der Waals surface area contributed by atoms with Gasteiger partial charge in [0.15, 0.2) is 6.29 Å². The lowest BCUT2D eigenvalue weighted by Gasteiger charge is -2.34. The fourth-order valence-corrected chi connectivity index (χ4v) is 3.89. The minimum absolute atomic E-state index is 0.0610. The van der Waals surface area contributed by atoms with E-state index in [4.69, 9.17) is 9.47 Å². The van der Waals surface area contributed by atoms with Crippen molar-refractivity contribution in [2.75, 3.05) is 13.2 Å². The summed E-state index contributed by atoms with van der Waals surface area (Å²) in [5.41, 5.74) is 0. The molecule has 0 aliphatic carbocycles. The van der Waals surface area contributed by atoms with Gasteiger partial charge >= 0.3 is 0 Å². The third-order valence-corrected chi connectivity index (χ3v) is 5.34. The molecule has 0 amide bonds. The fraction of sp³-hybridized carbons (Fsp3) is 0.947. The minimum atomic E-state index is 0.0610. The second-order valence-electron chi connectivity index (χ2n) is 7.32. The Kier molecular flexibility index (Phi) is 8.56. The molecule has 0 saturated carbocycles. The van der Waals surface area contributed by atoms with Crippen molar-refractivity contribution in [2.45, 2.75) is 96.4 Å². The average molecular weight is 325 g/mol. The molecule has 2 fully saturated rings. The first kappa shape index (κ1) is 18.9. The Labute approximate surface area is 141 Å². The lowest BCUT2D eigenvalue weighted by Crippen LogP contribution is -2.47. The van der Waals surface area contributed by atoms with Gasteiger partial charge in [-0.15, -0.1) is 0 Å². The van der Waals surface area contributed by atoms with Crippen molar-refractivity contribution >= 4 is 5.78 Å². The molecular weight excluding hydrogens is 290 g/mol. The normalized spacial score (nSPS) is 31.9. The van der Waals surface area contributed by atoms with Crippen molar-refractivity contribution in [3.05, 3.63) is 0 Å². The fourth-order valence-electron chi connectivity index (χ4n) is 3.89. The maximum Gasteiger partial charge on any atom is 0.157 e. The van der Waals surface area contributed by atoms with Crippen LogP contribution in [-0.4, -0.2) is 37.4 Å². The molecule has 2 saturated heterocycles. The number of piperidine rings is 1. The van der Waals surface area contributed by atoms with Crippen LogP contribution in [0.25, 0.3) is 0 Å². The number of rotatable bonds is 9. The van der Waals surface area contributed by atoms with Gasteiger partial charge in [-0.2, -0.15) is 0 Å². The first-order valence-corrected chi connectivity index (χ1v) is 9.66. The summed E-state index contributed by atoms with van der Waals surface area (Å²) in [6.45, 7) is 5.58. The van der Waals surface area contributed by atoms with Crippen molar-refractivity contribution in [1.29, 1.82) is 0 Å². The lowest BCUT2D eigenvalue weighted by molar-refractivity contribution is -0.162. The molecular formula is C19H35NO3. The van der Waals surface area contributed by atoms with E-state index in [-0.39, 0.29) is 12.2 Å². The number of nitrogens with one attached hydrogen (secondary N) is 1. The van der Waals surface area contributed by atoms with Gasteiger partial charge in [-0.05, 0) is 58.8 Å². The number of carbonyl (C=O) groups is 1. The highest BCUT2D eigenvalue weighted by atomic mass is 16.7. The first-order valence-electron chi connectivity index (χ1n) is 9.66. The smallest absolute Gasteiger partial charge is 0.157 e. The van der Waals surface area contributed by atoms with Crippen molar-refractivity contribution in [3.63, 3.8) is 0 Å². The maximum atomic E-state index is 11.5. The molecule has 0 aromatic carbocycles. The average Bonchev–Trinajstić information content (AvgIpc) is 2.54. The SMILES string of the molecule is CC(=O)[C@H]1CC[C@@H](CCCCCCOC2CCCCO2)N[C@H]1C. The molecule has 4 heteroatoms. The van der Waals surface area contributed by atoms with Crippen LogP contribution in [0.2, 0.25) is 0 Å².